The van der Waals surface area contributed by atoms with Crippen LogP contribution in [0.2, 0.25) is 0 Å². The normalized spacial score (nSPS) is 13.8. The van der Waals surface area contributed by atoms with E-state index in [1.807, 2.05) is 30.5 Å². The van der Waals surface area contributed by atoms with Crippen LogP contribution in [-0.2, 0) is 12.8 Å². The summed E-state index contributed by atoms with van der Waals surface area (Å²) >= 11 is 0. The number of benzene rings is 3. The number of nitrogens with zero attached hydrogens (tertiary/aromatic N) is 3. The van der Waals surface area contributed by atoms with Crippen LogP contribution in [0.15, 0.2) is 66.9 Å². The van der Waals surface area contributed by atoms with E-state index in [9.17, 15) is 0 Å². The first-order chi connectivity index (χ1) is 16.7. The molecule has 0 amide bonds. The molecule has 1 fully saturated rings. The zero-order valence-corrected chi connectivity index (χ0v) is 20.0. The quantitative estimate of drug-likeness (QED) is 0.339. The molecule has 0 aliphatic carbocycles. The van der Waals surface area contributed by atoms with Crippen LogP contribution in [-0.4, -0.2) is 37.3 Å². The summed E-state index contributed by atoms with van der Waals surface area (Å²) in [5.41, 5.74) is 4.62. The first kappa shape index (κ1) is 22.2. The SMILES string of the molecule is COc1ccc(CCc2nccc(-c3cc(N4CCCCC4)c4cc(OC)ccc4c3)n2)cc1. The third kappa shape index (κ3) is 4.84. The van der Waals surface area contributed by atoms with Crippen molar-refractivity contribution in [2.24, 2.45) is 0 Å². The monoisotopic (exact) mass is 453 g/mol. The molecule has 0 N–H and O–H groups in total. The Kier molecular flexibility index (Phi) is 6.61. The van der Waals surface area contributed by atoms with Crippen LogP contribution in [0.1, 0.15) is 30.7 Å². The van der Waals surface area contributed by atoms with Gasteiger partial charge in [0.2, 0.25) is 0 Å². The predicted molar refractivity (Wildman–Crippen MR) is 138 cm³/mol. The number of aryl methyl sites for hydroxylation is 2. The molecule has 174 valence electrons. The molecule has 4 aromatic rings. The largest absolute Gasteiger partial charge is 0.497 e. The van der Waals surface area contributed by atoms with Crippen LogP contribution < -0.4 is 14.4 Å². The van der Waals surface area contributed by atoms with E-state index in [0.717, 1.165) is 54.5 Å². The molecule has 2 heterocycles. The number of anilines is 1. The molecule has 3 aromatic carbocycles. The van der Waals surface area contributed by atoms with E-state index >= 15 is 0 Å². The molecule has 1 aliphatic rings. The van der Waals surface area contributed by atoms with E-state index in [1.54, 1.807) is 14.2 Å². The predicted octanol–water partition coefficient (Wildman–Crippen LogP) is 6.09. The van der Waals surface area contributed by atoms with Crippen LogP contribution in [0.25, 0.3) is 22.0 Å². The number of hydrogen-bond donors (Lipinski definition) is 0. The van der Waals surface area contributed by atoms with E-state index in [0.29, 0.717) is 0 Å². The van der Waals surface area contributed by atoms with Crippen molar-refractivity contribution in [1.82, 2.24) is 9.97 Å². The molecule has 5 rings (SSSR count). The van der Waals surface area contributed by atoms with Crippen LogP contribution in [0, 0.1) is 0 Å². The van der Waals surface area contributed by atoms with Gasteiger partial charge >= 0.3 is 0 Å². The van der Waals surface area contributed by atoms with Gasteiger partial charge in [0, 0.05) is 42.3 Å². The summed E-state index contributed by atoms with van der Waals surface area (Å²) in [6, 6.07) is 21.1. The second-order valence-corrected chi connectivity index (χ2v) is 8.84. The van der Waals surface area contributed by atoms with Crippen LogP contribution in [0.3, 0.4) is 0 Å². The lowest BCUT2D eigenvalue weighted by Gasteiger charge is -2.30. The van der Waals surface area contributed by atoms with E-state index in [2.05, 4.69) is 46.3 Å². The Morgan fingerprint density at radius 2 is 1.56 bits per heavy atom. The van der Waals surface area contributed by atoms with Crippen LogP contribution >= 0.6 is 0 Å². The molecule has 0 unspecified atom stereocenters. The molecule has 5 nitrogen and oxygen atoms in total. The van der Waals surface area contributed by atoms with E-state index in [-0.39, 0.29) is 0 Å². The molecule has 0 bridgehead atoms. The summed E-state index contributed by atoms with van der Waals surface area (Å²) in [7, 11) is 3.42. The minimum absolute atomic E-state index is 0.796. The molecule has 34 heavy (non-hydrogen) atoms. The van der Waals surface area contributed by atoms with Crippen molar-refractivity contribution in [3.8, 4) is 22.8 Å². The highest BCUT2D eigenvalue weighted by molar-refractivity contribution is 5.98. The summed E-state index contributed by atoms with van der Waals surface area (Å²) in [5.74, 6) is 2.63. The number of fused-ring (bicyclic) bond motifs is 1. The van der Waals surface area contributed by atoms with Gasteiger partial charge in [0.05, 0.1) is 19.9 Å². The van der Waals surface area contributed by atoms with Crippen LogP contribution in [0.5, 0.6) is 11.5 Å². The number of methoxy groups -OCH3 is 2. The third-order valence-corrected chi connectivity index (χ3v) is 6.63. The van der Waals surface area contributed by atoms with Gasteiger partial charge in [-0.2, -0.15) is 0 Å². The molecule has 1 aromatic heterocycles. The number of rotatable bonds is 7. The van der Waals surface area contributed by atoms with Crippen molar-refractivity contribution in [2.75, 3.05) is 32.2 Å². The highest BCUT2D eigenvalue weighted by Crippen LogP contribution is 2.36. The van der Waals surface area contributed by atoms with Crippen molar-refractivity contribution in [2.45, 2.75) is 32.1 Å². The molecule has 0 radical (unpaired) electrons. The lowest BCUT2D eigenvalue weighted by molar-refractivity contribution is 0.414. The highest BCUT2D eigenvalue weighted by Gasteiger charge is 2.16. The lowest BCUT2D eigenvalue weighted by Crippen LogP contribution is -2.29. The molecule has 1 saturated heterocycles. The van der Waals surface area contributed by atoms with Crippen molar-refractivity contribution < 1.29 is 9.47 Å². The topological polar surface area (TPSA) is 47.5 Å². The number of hydrogen-bond acceptors (Lipinski definition) is 5. The van der Waals surface area contributed by atoms with Gasteiger partial charge in [0.1, 0.15) is 17.3 Å². The first-order valence-corrected chi connectivity index (χ1v) is 12.1. The van der Waals surface area contributed by atoms with Gasteiger partial charge in [-0.1, -0.05) is 18.2 Å². The maximum atomic E-state index is 5.53. The molecular formula is C29H31N3O2. The fourth-order valence-electron chi connectivity index (χ4n) is 4.72. The van der Waals surface area contributed by atoms with E-state index < -0.39 is 0 Å². The Morgan fingerprint density at radius 1 is 0.794 bits per heavy atom. The van der Waals surface area contributed by atoms with E-state index in [1.165, 1.54) is 41.3 Å². The average Bonchev–Trinajstić information content (AvgIpc) is 2.92. The third-order valence-electron chi connectivity index (χ3n) is 6.63. The van der Waals surface area contributed by atoms with Gasteiger partial charge in [-0.25, -0.2) is 9.97 Å². The minimum atomic E-state index is 0.796. The van der Waals surface area contributed by atoms with Crippen LogP contribution in [0.4, 0.5) is 5.69 Å². The minimum Gasteiger partial charge on any atom is -0.497 e. The van der Waals surface area contributed by atoms with Gasteiger partial charge in [0.25, 0.3) is 0 Å². The second-order valence-electron chi connectivity index (χ2n) is 8.84. The van der Waals surface area contributed by atoms with Gasteiger partial charge in [0.15, 0.2) is 0 Å². The maximum absolute atomic E-state index is 5.53. The van der Waals surface area contributed by atoms with Crippen molar-refractivity contribution in [3.05, 3.63) is 78.2 Å². The second kappa shape index (κ2) is 10.1. The van der Waals surface area contributed by atoms with Gasteiger partial charge < -0.3 is 14.4 Å². The summed E-state index contributed by atoms with van der Waals surface area (Å²) < 4.78 is 10.8. The zero-order valence-electron chi connectivity index (χ0n) is 20.0. The Morgan fingerprint density at radius 3 is 2.32 bits per heavy atom. The van der Waals surface area contributed by atoms with Crippen molar-refractivity contribution in [3.63, 3.8) is 0 Å². The smallest absolute Gasteiger partial charge is 0.129 e. The molecule has 5 heteroatoms. The Hall–Kier alpha value is -3.60. The van der Waals surface area contributed by atoms with E-state index in [4.69, 9.17) is 14.5 Å². The molecule has 0 saturated carbocycles. The van der Waals surface area contributed by atoms with Gasteiger partial charge in [-0.3, -0.25) is 0 Å². The molecule has 0 atom stereocenters. The number of ether oxygens (including phenoxy) is 2. The standard InChI is InChI=1S/C29H31N3O2/c1-33-24-10-6-21(7-11-24)8-13-29-30-15-14-27(31-29)23-18-22-9-12-25(34-2)20-26(22)28(19-23)32-16-4-3-5-17-32/h6-7,9-12,14-15,18-20H,3-5,8,13,16-17H2,1-2H3. The Bertz CT molecular complexity index is 1260. The molecular weight excluding hydrogens is 422 g/mol. The van der Waals surface area contributed by atoms with Gasteiger partial charge in [-0.05, 0) is 79.1 Å². The fraction of sp³-hybridized carbons (Fsp3) is 0.310. The van der Waals surface area contributed by atoms with Gasteiger partial charge in [-0.15, -0.1) is 0 Å². The molecule has 1 aliphatic heterocycles. The first-order valence-electron chi connectivity index (χ1n) is 12.1. The Labute approximate surface area is 201 Å². The summed E-state index contributed by atoms with van der Waals surface area (Å²) in [6.45, 7) is 2.18. The van der Waals surface area contributed by atoms with Crippen molar-refractivity contribution in [1.29, 1.82) is 0 Å². The fourth-order valence-corrected chi connectivity index (χ4v) is 4.72. The maximum Gasteiger partial charge on any atom is 0.129 e. The zero-order chi connectivity index (χ0) is 23.3. The summed E-state index contributed by atoms with van der Waals surface area (Å²) in [4.78, 5) is 12.0. The van der Waals surface area contributed by atoms with Crippen molar-refractivity contribution >= 4 is 16.5 Å². The molecule has 0 spiro atoms. The lowest BCUT2D eigenvalue weighted by atomic mass is 10.00. The number of aromatic nitrogens is 2. The average molecular weight is 454 g/mol. The highest BCUT2D eigenvalue weighted by atomic mass is 16.5. The summed E-state index contributed by atoms with van der Waals surface area (Å²) in [6.07, 6.45) is 7.34. The Balaban J connectivity index is 1.46. The number of piperidine rings is 1. The summed E-state index contributed by atoms with van der Waals surface area (Å²) in [5, 5.41) is 2.44.